The summed E-state index contributed by atoms with van der Waals surface area (Å²) in [4.78, 5) is 16.7. The second-order valence-electron chi connectivity index (χ2n) is 7.62. The van der Waals surface area contributed by atoms with Crippen LogP contribution in [0.15, 0.2) is 73.4 Å². The van der Waals surface area contributed by atoms with E-state index in [0.29, 0.717) is 17.8 Å². The maximum absolute atomic E-state index is 13.9. The maximum atomic E-state index is 13.9. The Morgan fingerprint density at radius 2 is 1.69 bits per heavy atom. The number of rotatable bonds is 5. The minimum Gasteiger partial charge on any atom is -0.345 e. The molecule has 0 aliphatic heterocycles. The number of nitrogens with zero attached hydrogens (tertiary/aromatic N) is 4. The van der Waals surface area contributed by atoms with Gasteiger partial charge in [0, 0.05) is 18.1 Å². The van der Waals surface area contributed by atoms with E-state index in [1.54, 1.807) is 54.5 Å². The molecule has 4 aromatic rings. The summed E-state index contributed by atoms with van der Waals surface area (Å²) in [5.74, 6) is -1.07. The second kappa shape index (κ2) is 8.93. The molecule has 0 aliphatic rings. The van der Waals surface area contributed by atoms with E-state index in [0.717, 1.165) is 23.9 Å². The van der Waals surface area contributed by atoms with Crippen LogP contribution in [-0.4, -0.2) is 25.2 Å². The molecule has 4 rings (SSSR count). The average Bonchev–Trinajstić information content (AvgIpc) is 3.49. The van der Waals surface area contributed by atoms with Crippen molar-refractivity contribution in [2.45, 2.75) is 25.3 Å². The third kappa shape index (κ3) is 5.05. The van der Waals surface area contributed by atoms with Crippen molar-refractivity contribution < 1.29 is 31.1 Å². The third-order valence-corrected chi connectivity index (χ3v) is 5.24. The summed E-state index contributed by atoms with van der Waals surface area (Å²) < 4.78 is 82.8. The molecule has 2 aromatic heterocycles. The maximum Gasteiger partial charge on any atom is 0.434 e. The zero-order chi connectivity index (χ0) is 25.4. The van der Waals surface area contributed by atoms with Gasteiger partial charge in [0.1, 0.15) is 0 Å². The molecule has 1 N–H and O–H groups in total. The highest BCUT2D eigenvalue weighted by Gasteiger charge is 2.41. The highest BCUT2D eigenvalue weighted by atomic mass is 19.4. The summed E-state index contributed by atoms with van der Waals surface area (Å²) in [5.41, 5.74) is -2.48. The first kappa shape index (κ1) is 24.0. The molecule has 12 heteroatoms. The molecule has 2 heterocycles. The molecule has 1 atom stereocenters. The first-order valence-electron chi connectivity index (χ1n) is 10.2. The Morgan fingerprint density at radius 1 is 0.971 bits per heavy atom. The van der Waals surface area contributed by atoms with Crippen LogP contribution in [0.5, 0.6) is 0 Å². The number of imidazole rings is 1. The van der Waals surface area contributed by atoms with Crippen LogP contribution in [0.4, 0.5) is 26.3 Å². The molecule has 0 bridgehead atoms. The van der Waals surface area contributed by atoms with Gasteiger partial charge in [-0.15, -0.1) is 0 Å². The Hall–Kier alpha value is -4.09. The van der Waals surface area contributed by atoms with Crippen molar-refractivity contribution in [1.29, 1.82) is 0 Å². The van der Waals surface area contributed by atoms with Crippen molar-refractivity contribution >= 4 is 5.91 Å². The number of aromatic nitrogens is 4. The molecule has 0 radical (unpaired) electrons. The lowest BCUT2D eigenvalue weighted by molar-refractivity contribution is -0.143. The summed E-state index contributed by atoms with van der Waals surface area (Å²) in [6.45, 7) is 1.59. The van der Waals surface area contributed by atoms with E-state index >= 15 is 0 Å². The van der Waals surface area contributed by atoms with E-state index in [2.05, 4.69) is 15.4 Å². The normalized spacial score (nSPS) is 13.0. The van der Waals surface area contributed by atoms with Crippen molar-refractivity contribution in [3.05, 3.63) is 95.8 Å². The van der Waals surface area contributed by atoms with E-state index in [1.807, 2.05) is 0 Å². The number of benzene rings is 2. The van der Waals surface area contributed by atoms with Gasteiger partial charge >= 0.3 is 12.4 Å². The zero-order valence-electron chi connectivity index (χ0n) is 18.0. The zero-order valence-corrected chi connectivity index (χ0v) is 18.0. The van der Waals surface area contributed by atoms with Crippen molar-refractivity contribution in [2.75, 3.05) is 0 Å². The Bertz CT molecular complexity index is 1320. The largest absolute Gasteiger partial charge is 0.434 e. The van der Waals surface area contributed by atoms with Gasteiger partial charge in [-0.2, -0.15) is 31.4 Å². The van der Waals surface area contributed by atoms with Crippen molar-refractivity contribution in [3.8, 4) is 11.4 Å². The molecule has 0 fully saturated rings. The summed E-state index contributed by atoms with van der Waals surface area (Å²) >= 11 is 0. The topological polar surface area (TPSA) is 64.7 Å². The van der Waals surface area contributed by atoms with Crippen LogP contribution < -0.4 is 5.32 Å². The average molecular weight is 493 g/mol. The lowest BCUT2D eigenvalue weighted by Crippen LogP contribution is -2.29. The predicted octanol–water partition coefficient (Wildman–Crippen LogP) is 5.59. The number of carbonyl (C=O) groups excluding carboxylic acids is 1. The van der Waals surface area contributed by atoms with Gasteiger partial charge in [0.05, 0.1) is 35.4 Å². The Balaban J connectivity index is 1.61. The molecular formula is C23H17F6N5O. The fourth-order valence-electron chi connectivity index (χ4n) is 3.50. The van der Waals surface area contributed by atoms with Crippen LogP contribution in [0.2, 0.25) is 0 Å². The van der Waals surface area contributed by atoms with E-state index in [4.69, 9.17) is 0 Å². The first-order chi connectivity index (χ1) is 16.4. The van der Waals surface area contributed by atoms with Crippen molar-refractivity contribution in [3.63, 3.8) is 0 Å². The summed E-state index contributed by atoms with van der Waals surface area (Å²) in [6.07, 6.45) is -4.19. The van der Waals surface area contributed by atoms with Gasteiger partial charge in [0.15, 0.2) is 5.69 Å². The molecule has 0 saturated carbocycles. The molecule has 1 amide bonds. The minimum absolute atomic E-state index is 0.286. The molecule has 0 spiro atoms. The van der Waals surface area contributed by atoms with Crippen LogP contribution in [0.3, 0.4) is 0 Å². The van der Waals surface area contributed by atoms with Crippen LogP contribution in [0, 0.1) is 0 Å². The highest BCUT2D eigenvalue weighted by Crippen LogP contribution is 2.35. The van der Waals surface area contributed by atoms with Crippen molar-refractivity contribution in [1.82, 2.24) is 24.6 Å². The van der Waals surface area contributed by atoms with E-state index in [1.165, 1.54) is 0 Å². The van der Waals surface area contributed by atoms with Gasteiger partial charge < -0.3 is 9.88 Å². The molecule has 0 saturated heterocycles. The van der Waals surface area contributed by atoms with Gasteiger partial charge in [-0.3, -0.25) is 4.79 Å². The van der Waals surface area contributed by atoms with Gasteiger partial charge in [0.2, 0.25) is 0 Å². The molecular weight excluding hydrogens is 476 g/mol. The summed E-state index contributed by atoms with van der Waals surface area (Å²) in [6, 6.07) is 9.53. The van der Waals surface area contributed by atoms with E-state index in [-0.39, 0.29) is 4.68 Å². The Kier molecular flexibility index (Phi) is 6.14. The van der Waals surface area contributed by atoms with E-state index in [9.17, 15) is 31.1 Å². The molecule has 6 nitrogen and oxygen atoms in total. The first-order valence-corrected chi connectivity index (χ1v) is 10.2. The fourth-order valence-corrected chi connectivity index (χ4v) is 3.50. The second-order valence-corrected chi connectivity index (χ2v) is 7.62. The summed E-state index contributed by atoms with van der Waals surface area (Å²) in [7, 11) is 0. The van der Waals surface area contributed by atoms with Gasteiger partial charge in [0.25, 0.3) is 5.91 Å². The quantitative estimate of drug-likeness (QED) is 0.369. The molecule has 35 heavy (non-hydrogen) atoms. The SMILES string of the molecule is CC(NC(=O)c1cnn(-c2cccc(C(F)(F)F)c2)c1C(F)(F)F)c1ccc(-n2ccnc2)cc1. The van der Waals surface area contributed by atoms with E-state index < -0.39 is 46.8 Å². The standard InChI is InChI=1S/C23H17F6N5O/c1-14(15-5-7-17(8-6-15)33-10-9-30-13-33)32-21(35)19-12-31-34(20(19)23(27,28)29)18-4-2-3-16(11-18)22(24,25)26/h2-14H,1H3,(H,32,35). The number of nitrogens with one attached hydrogen (secondary N) is 1. The van der Waals surface area contributed by atoms with Crippen LogP contribution in [0.25, 0.3) is 11.4 Å². The lowest BCUT2D eigenvalue weighted by atomic mass is 10.1. The molecule has 2 aromatic carbocycles. The van der Waals surface area contributed by atoms with Crippen LogP contribution in [0.1, 0.15) is 40.1 Å². The summed E-state index contributed by atoms with van der Waals surface area (Å²) in [5, 5.41) is 6.07. The number of hydrogen-bond acceptors (Lipinski definition) is 3. The number of carbonyl (C=O) groups is 1. The number of amides is 1. The number of halogens is 6. The molecule has 182 valence electrons. The van der Waals surface area contributed by atoms with Gasteiger partial charge in [-0.1, -0.05) is 18.2 Å². The van der Waals surface area contributed by atoms with Crippen LogP contribution in [-0.2, 0) is 12.4 Å². The monoisotopic (exact) mass is 493 g/mol. The predicted molar refractivity (Wildman–Crippen MR) is 113 cm³/mol. The number of hydrogen-bond donors (Lipinski definition) is 1. The smallest absolute Gasteiger partial charge is 0.345 e. The van der Waals surface area contributed by atoms with Crippen LogP contribution >= 0.6 is 0 Å². The Morgan fingerprint density at radius 3 is 2.29 bits per heavy atom. The minimum atomic E-state index is -5.06. The third-order valence-electron chi connectivity index (χ3n) is 5.24. The van der Waals surface area contributed by atoms with Gasteiger partial charge in [-0.25, -0.2) is 9.67 Å². The number of alkyl halides is 6. The molecule has 0 aliphatic carbocycles. The molecule has 1 unspecified atom stereocenters. The highest BCUT2D eigenvalue weighted by molar-refractivity contribution is 5.95. The fraction of sp³-hybridized carbons (Fsp3) is 0.174. The lowest BCUT2D eigenvalue weighted by Gasteiger charge is -2.17. The van der Waals surface area contributed by atoms with Gasteiger partial charge in [-0.05, 0) is 42.8 Å². The van der Waals surface area contributed by atoms with Crippen molar-refractivity contribution in [2.24, 2.45) is 0 Å². The Labute approximate surface area is 194 Å².